The van der Waals surface area contributed by atoms with Gasteiger partial charge in [0.05, 0.1) is 23.6 Å². The van der Waals surface area contributed by atoms with Gasteiger partial charge in [0.15, 0.2) is 0 Å². The molecule has 5 heteroatoms. The number of aryl methyl sites for hydroxylation is 1. The highest BCUT2D eigenvalue weighted by molar-refractivity contribution is 5.89. The maximum Gasteiger partial charge on any atom is 0.335 e. The van der Waals surface area contributed by atoms with Gasteiger partial charge >= 0.3 is 5.97 Å². The van der Waals surface area contributed by atoms with Crippen LogP contribution in [0.3, 0.4) is 0 Å². The minimum atomic E-state index is -0.947. The van der Waals surface area contributed by atoms with Crippen LogP contribution in [0.1, 0.15) is 15.9 Å². The number of anilines is 2. The molecule has 0 aliphatic carbocycles. The molecular weight excluding hydrogens is 218 g/mol. The van der Waals surface area contributed by atoms with E-state index in [2.05, 4.69) is 15.3 Å². The molecule has 0 atom stereocenters. The van der Waals surface area contributed by atoms with Crippen LogP contribution in [-0.4, -0.2) is 21.0 Å². The van der Waals surface area contributed by atoms with E-state index in [0.29, 0.717) is 0 Å². The van der Waals surface area contributed by atoms with Gasteiger partial charge in [0.1, 0.15) is 6.33 Å². The first-order valence-electron chi connectivity index (χ1n) is 5.03. The molecule has 0 fully saturated rings. The number of carbonyl (C=O) groups is 1. The zero-order chi connectivity index (χ0) is 12.3. The number of aromatic nitrogens is 2. The van der Waals surface area contributed by atoms with E-state index < -0.39 is 5.97 Å². The molecular formula is C12H11N3O2. The summed E-state index contributed by atoms with van der Waals surface area (Å²) in [6.07, 6.45) is 4.69. The fraction of sp³-hybridized carbons (Fsp3) is 0.0833. The molecule has 0 amide bonds. The van der Waals surface area contributed by atoms with Gasteiger partial charge in [0, 0.05) is 5.69 Å². The molecule has 0 radical (unpaired) electrons. The Labute approximate surface area is 98.2 Å². The Balaban J connectivity index is 2.32. The van der Waals surface area contributed by atoms with Crippen molar-refractivity contribution < 1.29 is 9.90 Å². The molecule has 86 valence electrons. The van der Waals surface area contributed by atoms with Crippen molar-refractivity contribution >= 4 is 17.3 Å². The third-order valence-electron chi connectivity index (χ3n) is 2.32. The zero-order valence-electron chi connectivity index (χ0n) is 9.21. The summed E-state index contributed by atoms with van der Waals surface area (Å²) >= 11 is 0. The summed E-state index contributed by atoms with van der Waals surface area (Å²) in [6, 6.07) is 4.92. The van der Waals surface area contributed by atoms with Crippen molar-refractivity contribution in [1.29, 1.82) is 0 Å². The monoisotopic (exact) mass is 229 g/mol. The lowest BCUT2D eigenvalue weighted by molar-refractivity contribution is 0.0697. The van der Waals surface area contributed by atoms with Crippen molar-refractivity contribution in [1.82, 2.24) is 9.97 Å². The molecule has 0 saturated heterocycles. The lowest BCUT2D eigenvalue weighted by Gasteiger charge is -2.09. The van der Waals surface area contributed by atoms with Crippen LogP contribution >= 0.6 is 0 Å². The van der Waals surface area contributed by atoms with Gasteiger partial charge < -0.3 is 10.4 Å². The molecule has 1 aromatic heterocycles. The molecule has 5 nitrogen and oxygen atoms in total. The first kappa shape index (κ1) is 11.1. The fourth-order valence-corrected chi connectivity index (χ4v) is 1.41. The van der Waals surface area contributed by atoms with Crippen LogP contribution in [0.15, 0.2) is 36.9 Å². The smallest absolute Gasteiger partial charge is 0.335 e. The van der Waals surface area contributed by atoms with E-state index in [1.54, 1.807) is 30.6 Å². The van der Waals surface area contributed by atoms with Crippen LogP contribution < -0.4 is 5.32 Å². The van der Waals surface area contributed by atoms with E-state index in [0.717, 1.165) is 16.9 Å². The van der Waals surface area contributed by atoms with Crippen molar-refractivity contribution in [2.45, 2.75) is 6.92 Å². The Kier molecular flexibility index (Phi) is 3.00. The van der Waals surface area contributed by atoms with Gasteiger partial charge in [0.2, 0.25) is 0 Å². The van der Waals surface area contributed by atoms with Crippen molar-refractivity contribution in [2.75, 3.05) is 5.32 Å². The molecule has 0 aliphatic heterocycles. The molecule has 17 heavy (non-hydrogen) atoms. The lowest BCUT2D eigenvalue weighted by Crippen LogP contribution is -2.00. The summed E-state index contributed by atoms with van der Waals surface area (Å²) in [5.41, 5.74) is 2.66. The fourth-order valence-electron chi connectivity index (χ4n) is 1.41. The summed E-state index contributed by atoms with van der Waals surface area (Å²) in [6.45, 7) is 1.90. The summed E-state index contributed by atoms with van der Waals surface area (Å²) in [5, 5.41) is 12.0. The zero-order valence-corrected chi connectivity index (χ0v) is 9.21. The van der Waals surface area contributed by atoms with E-state index in [-0.39, 0.29) is 5.56 Å². The number of benzene rings is 1. The largest absolute Gasteiger partial charge is 0.478 e. The molecule has 0 saturated carbocycles. The van der Waals surface area contributed by atoms with Crippen LogP contribution in [0.25, 0.3) is 0 Å². The van der Waals surface area contributed by atoms with E-state index in [9.17, 15) is 4.79 Å². The Morgan fingerprint density at radius 2 is 2.00 bits per heavy atom. The number of aromatic carboxylic acids is 1. The topological polar surface area (TPSA) is 75.1 Å². The number of carboxylic acids is 1. The summed E-state index contributed by atoms with van der Waals surface area (Å²) in [7, 11) is 0. The van der Waals surface area contributed by atoms with E-state index in [1.165, 1.54) is 6.33 Å². The average Bonchev–Trinajstić information content (AvgIpc) is 2.33. The third-order valence-corrected chi connectivity index (χ3v) is 2.32. The predicted molar refractivity (Wildman–Crippen MR) is 63.5 cm³/mol. The number of hydrogen-bond acceptors (Lipinski definition) is 4. The Morgan fingerprint density at radius 3 is 2.65 bits per heavy atom. The Bertz CT molecular complexity index is 541. The minimum absolute atomic E-state index is 0.245. The van der Waals surface area contributed by atoms with Crippen LogP contribution in [0, 0.1) is 6.92 Å². The van der Waals surface area contributed by atoms with Crippen molar-refractivity contribution in [2.24, 2.45) is 0 Å². The third kappa shape index (κ3) is 2.57. The number of hydrogen-bond donors (Lipinski definition) is 2. The highest BCUT2D eigenvalue weighted by atomic mass is 16.4. The first-order valence-corrected chi connectivity index (χ1v) is 5.03. The Morgan fingerprint density at radius 1 is 1.29 bits per heavy atom. The molecule has 2 rings (SSSR count). The lowest BCUT2D eigenvalue weighted by atomic mass is 10.1. The molecule has 0 aliphatic rings. The second kappa shape index (κ2) is 4.61. The second-order valence-corrected chi connectivity index (χ2v) is 3.59. The second-order valence-electron chi connectivity index (χ2n) is 3.59. The quantitative estimate of drug-likeness (QED) is 0.844. The normalized spacial score (nSPS) is 9.94. The van der Waals surface area contributed by atoms with Gasteiger partial charge in [-0.05, 0) is 24.6 Å². The van der Waals surface area contributed by atoms with Gasteiger partial charge in [-0.1, -0.05) is 6.07 Å². The maximum atomic E-state index is 10.9. The molecule has 0 bridgehead atoms. The Hall–Kier alpha value is -2.43. The van der Waals surface area contributed by atoms with Crippen LogP contribution in [0.4, 0.5) is 11.4 Å². The first-order chi connectivity index (χ1) is 8.16. The van der Waals surface area contributed by atoms with E-state index in [1.807, 2.05) is 6.92 Å². The number of nitrogens with zero attached hydrogens (tertiary/aromatic N) is 2. The molecule has 2 aromatic rings. The highest BCUT2D eigenvalue weighted by Crippen LogP contribution is 2.20. The molecule has 1 aromatic carbocycles. The minimum Gasteiger partial charge on any atom is -0.478 e. The SMILES string of the molecule is Cc1ccc(C(=O)O)cc1Nc1cncnc1. The van der Waals surface area contributed by atoms with Crippen LogP contribution in [-0.2, 0) is 0 Å². The highest BCUT2D eigenvalue weighted by Gasteiger charge is 2.06. The standard InChI is InChI=1S/C12H11N3O2/c1-8-2-3-9(12(16)17)4-11(8)15-10-5-13-7-14-6-10/h2-7,15H,1H3,(H,16,17). The van der Waals surface area contributed by atoms with Gasteiger partial charge in [-0.15, -0.1) is 0 Å². The van der Waals surface area contributed by atoms with Gasteiger partial charge in [-0.3, -0.25) is 0 Å². The van der Waals surface area contributed by atoms with Crippen LogP contribution in [0.2, 0.25) is 0 Å². The number of nitrogens with one attached hydrogen (secondary N) is 1. The van der Waals surface area contributed by atoms with E-state index >= 15 is 0 Å². The maximum absolute atomic E-state index is 10.9. The van der Waals surface area contributed by atoms with Gasteiger partial charge in [-0.2, -0.15) is 0 Å². The van der Waals surface area contributed by atoms with Gasteiger partial charge in [0.25, 0.3) is 0 Å². The van der Waals surface area contributed by atoms with Crippen molar-refractivity contribution in [3.63, 3.8) is 0 Å². The summed E-state index contributed by atoms with van der Waals surface area (Å²) in [4.78, 5) is 18.6. The molecule has 2 N–H and O–H groups in total. The van der Waals surface area contributed by atoms with E-state index in [4.69, 9.17) is 5.11 Å². The van der Waals surface area contributed by atoms with Crippen molar-refractivity contribution in [3.05, 3.63) is 48.0 Å². The predicted octanol–water partition coefficient (Wildman–Crippen LogP) is 2.23. The van der Waals surface area contributed by atoms with Crippen molar-refractivity contribution in [3.8, 4) is 0 Å². The average molecular weight is 229 g/mol. The number of carboxylic acid groups (broad SMARTS) is 1. The molecule has 0 spiro atoms. The number of rotatable bonds is 3. The molecule has 0 unspecified atom stereocenters. The van der Waals surface area contributed by atoms with Gasteiger partial charge in [-0.25, -0.2) is 14.8 Å². The molecule has 1 heterocycles. The summed E-state index contributed by atoms with van der Waals surface area (Å²) < 4.78 is 0. The van der Waals surface area contributed by atoms with Crippen LogP contribution in [0.5, 0.6) is 0 Å². The summed E-state index contributed by atoms with van der Waals surface area (Å²) in [5.74, 6) is -0.947.